The minimum Gasteiger partial charge on any atom is -0.374 e. The summed E-state index contributed by atoms with van der Waals surface area (Å²) >= 11 is 1.09. The smallest absolute Gasteiger partial charge is 0.282 e. The second-order valence-electron chi connectivity index (χ2n) is 3.97. The van der Waals surface area contributed by atoms with Gasteiger partial charge in [0.15, 0.2) is 0 Å². The molecule has 0 spiro atoms. The Kier molecular flexibility index (Phi) is 3.88. The number of nitrogen functional groups attached to an aromatic ring is 1. The molecule has 94 valence electrons. The van der Waals surface area contributed by atoms with Crippen molar-refractivity contribution < 1.29 is 4.79 Å². The number of anilines is 1. The molecular weight excluding hydrogens is 248 g/mol. The molecule has 5 nitrogen and oxygen atoms in total. The Bertz CT molecular complexity index is 526. The molecule has 0 radical (unpaired) electrons. The number of hydrogen-bond donors (Lipinski definition) is 2. The fourth-order valence-corrected chi connectivity index (χ4v) is 2.07. The number of amides is 1. The molecule has 6 heteroatoms. The van der Waals surface area contributed by atoms with Crippen LogP contribution in [0.2, 0.25) is 0 Å². The van der Waals surface area contributed by atoms with Gasteiger partial charge in [-0.1, -0.05) is 48.6 Å². The minimum absolute atomic E-state index is 0.230. The van der Waals surface area contributed by atoms with Crippen LogP contribution in [0, 0.1) is 0 Å². The van der Waals surface area contributed by atoms with E-state index in [1.165, 1.54) is 5.56 Å². The Morgan fingerprint density at radius 2 is 2.11 bits per heavy atom. The molecule has 0 saturated heterocycles. The molecule has 1 amide bonds. The normalized spacial score (nSPS) is 12.1. The second-order valence-corrected chi connectivity index (χ2v) is 4.98. The third-order valence-corrected chi connectivity index (χ3v) is 3.32. The van der Waals surface area contributed by atoms with Crippen molar-refractivity contribution in [1.82, 2.24) is 15.5 Å². The fourth-order valence-electron chi connectivity index (χ4n) is 1.55. The summed E-state index contributed by atoms with van der Waals surface area (Å²) in [6.45, 7) is 2.62. The molecule has 18 heavy (non-hydrogen) atoms. The summed E-state index contributed by atoms with van der Waals surface area (Å²) in [7, 11) is 0. The van der Waals surface area contributed by atoms with Crippen LogP contribution in [0.1, 0.15) is 28.2 Å². The van der Waals surface area contributed by atoms with E-state index in [1.54, 1.807) is 0 Å². The average molecular weight is 262 g/mol. The van der Waals surface area contributed by atoms with Gasteiger partial charge in [0.1, 0.15) is 0 Å². The summed E-state index contributed by atoms with van der Waals surface area (Å²) in [6, 6.07) is 10.0. The van der Waals surface area contributed by atoms with Gasteiger partial charge in [-0.25, -0.2) is 0 Å². The lowest BCUT2D eigenvalue weighted by Gasteiger charge is -2.11. The highest BCUT2D eigenvalue weighted by atomic mass is 32.1. The Morgan fingerprint density at radius 1 is 1.39 bits per heavy atom. The van der Waals surface area contributed by atoms with E-state index in [0.717, 1.165) is 11.3 Å². The minimum atomic E-state index is -0.230. The number of nitrogens with one attached hydrogen (secondary N) is 1. The van der Waals surface area contributed by atoms with Crippen molar-refractivity contribution in [3.8, 4) is 0 Å². The second kappa shape index (κ2) is 5.59. The van der Waals surface area contributed by atoms with Gasteiger partial charge < -0.3 is 11.1 Å². The van der Waals surface area contributed by atoms with Crippen LogP contribution in [0.3, 0.4) is 0 Å². The van der Waals surface area contributed by atoms with Crippen molar-refractivity contribution >= 4 is 22.4 Å². The third kappa shape index (κ3) is 3.04. The summed E-state index contributed by atoms with van der Waals surface area (Å²) in [4.78, 5) is 11.7. The maximum atomic E-state index is 11.7. The highest BCUT2D eigenvalue weighted by molar-refractivity contribution is 7.16. The van der Waals surface area contributed by atoms with Crippen LogP contribution < -0.4 is 11.1 Å². The topological polar surface area (TPSA) is 80.9 Å². The molecule has 2 aromatic rings. The van der Waals surface area contributed by atoms with Crippen LogP contribution in [0.15, 0.2) is 30.3 Å². The van der Waals surface area contributed by atoms with E-state index >= 15 is 0 Å². The lowest BCUT2D eigenvalue weighted by atomic mass is 10.0. The molecule has 0 bridgehead atoms. The van der Waals surface area contributed by atoms with Gasteiger partial charge in [-0.15, -0.1) is 10.2 Å². The van der Waals surface area contributed by atoms with Gasteiger partial charge in [0.2, 0.25) is 10.1 Å². The van der Waals surface area contributed by atoms with Gasteiger partial charge in [-0.3, -0.25) is 4.79 Å². The molecule has 1 atom stereocenters. The Labute approximate surface area is 109 Å². The van der Waals surface area contributed by atoms with Gasteiger partial charge in [-0.05, 0) is 11.5 Å². The van der Waals surface area contributed by atoms with Crippen molar-refractivity contribution in [1.29, 1.82) is 0 Å². The Balaban J connectivity index is 1.90. The van der Waals surface area contributed by atoms with Crippen molar-refractivity contribution in [2.24, 2.45) is 0 Å². The lowest BCUT2D eigenvalue weighted by Crippen LogP contribution is -2.27. The maximum Gasteiger partial charge on any atom is 0.282 e. The Morgan fingerprint density at radius 3 is 2.72 bits per heavy atom. The average Bonchev–Trinajstić information content (AvgIpc) is 2.83. The number of benzene rings is 1. The van der Waals surface area contributed by atoms with Crippen LogP contribution in [-0.2, 0) is 0 Å². The van der Waals surface area contributed by atoms with Crippen molar-refractivity contribution in [3.63, 3.8) is 0 Å². The predicted octanol–water partition coefficient (Wildman–Crippen LogP) is 1.65. The number of hydrogen-bond acceptors (Lipinski definition) is 5. The van der Waals surface area contributed by atoms with Crippen LogP contribution in [-0.4, -0.2) is 22.6 Å². The summed E-state index contributed by atoms with van der Waals surface area (Å²) in [5.41, 5.74) is 6.62. The van der Waals surface area contributed by atoms with Crippen LogP contribution >= 0.6 is 11.3 Å². The van der Waals surface area contributed by atoms with Crippen LogP contribution in [0.5, 0.6) is 0 Å². The molecule has 3 N–H and O–H groups in total. The molecule has 0 aliphatic rings. The molecule has 0 saturated carbocycles. The quantitative estimate of drug-likeness (QED) is 0.878. The van der Waals surface area contributed by atoms with Crippen LogP contribution in [0.4, 0.5) is 5.13 Å². The number of aromatic nitrogens is 2. The molecule has 1 aromatic heterocycles. The van der Waals surface area contributed by atoms with Gasteiger partial charge in [-0.2, -0.15) is 0 Å². The summed E-state index contributed by atoms with van der Waals surface area (Å²) in [6.07, 6.45) is 0. The zero-order valence-corrected chi connectivity index (χ0v) is 10.8. The van der Waals surface area contributed by atoms with Gasteiger partial charge >= 0.3 is 0 Å². The number of rotatable bonds is 4. The standard InChI is InChI=1S/C12H14N4OS/c1-8(9-5-3-2-4-6-9)7-14-10(17)11-15-16-12(13)18-11/h2-6,8H,7H2,1H3,(H2,13,16)(H,14,17). The van der Waals surface area contributed by atoms with E-state index in [2.05, 4.69) is 22.4 Å². The number of nitrogens with zero attached hydrogens (tertiary/aromatic N) is 2. The third-order valence-electron chi connectivity index (χ3n) is 2.57. The van der Waals surface area contributed by atoms with Crippen LogP contribution in [0.25, 0.3) is 0 Å². The zero-order chi connectivity index (χ0) is 13.0. The molecule has 0 fully saturated rings. The van der Waals surface area contributed by atoms with E-state index in [1.807, 2.05) is 30.3 Å². The van der Waals surface area contributed by atoms with E-state index in [9.17, 15) is 4.79 Å². The molecule has 2 rings (SSSR count). The van der Waals surface area contributed by atoms with Crippen molar-refractivity contribution in [3.05, 3.63) is 40.9 Å². The first-order valence-corrected chi connectivity index (χ1v) is 6.40. The Hall–Kier alpha value is -1.95. The number of nitrogens with two attached hydrogens (primary N) is 1. The molecule has 0 aliphatic carbocycles. The van der Waals surface area contributed by atoms with Gasteiger partial charge in [0.25, 0.3) is 5.91 Å². The first kappa shape index (κ1) is 12.5. The van der Waals surface area contributed by atoms with E-state index in [0.29, 0.717) is 16.7 Å². The van der Waals surface area contributed by atoms with Crippen molar-refractivity contribution in [2.75, 3.05) is 12.3 Å². The number of carbonyl (C=O) groups excluding carboxylic acids is 1. The SMILES string of the molecule is CC(CNC(=O)c1nnc(N)s1)c1ccccc1. The predicted molar refractivity (Wildman–Crippen MR) is 71.5 cm³/mol. The maximum absolute atomic E-state index is 11.7. The summed E-state index contributed by atoms with van der Waals surface area (Å²) in [5.74, 6) is 0.0207. The molecule has 1 unspecified atom stereocenters. The summed E-state index contributed by atoms with van der Waals surface area (Å²) in [5, 5.41) is 10.7. The zero-order valence-electron chi connectivity index (χ0n) is 9.96. The summed E-state index contributed by atoms with van der Waals surface area (Å²) < 4.78 is 0. The first-order valence-electron chi connectivity index (χ1n) is 5.59. The highest BCUT2D eigenvalue weighted by Gasteiger charge is 2.13. The lowest BCUT2D eigenvalue weighted by molar-refractivity contribution is 0.0950. The molecule has 1 heterocycles. The number of carbonyl (C=O) groups is 1. The monoisotopic (exact) mass is 262 g/mol. The van der Waals surface area contributed by atoms with E-state index < -0.39 is 0 Å². The molecule has 0 aliphatic heterocycles. The molecule has 1 aromatic carbocycles. The largest absolute Gasteiger partial charge is 0.374 e. The first-order chi connectivity index (χ1) is 8.66. The van der Waals surface area contributed by atoms with E-state index in [-0.39, 0.29) is 11.8 Å². The van der Waals surface area contributed by atoms with Gasteiger partial charge in [0, 0.05) is 6.54 Å². The highest BCUT2D eigenvalue weighted by Crippen LogP contribution is 2.14. The van der Waals surface area contributed by atoms with Crippen molar-refractivity contribution in [2.45, 2.75) is 12.8 Å². The van der Waals surface area contributed by atoms with E-state index in [4.69, 9.17) is 5.73 Å². The molecular formula is C12H14N4OS. The fraction of sp³-hybridized carbons (Fsp3) is 0.250. The van der Waals surface area contributed by atoms with Gasteiger partial charge in [0.05, 0.1) is 0 Å².